The first-order valence-corrected chi connectivity index (χ1v) is 10.4. The Morgan fingerprint density at radius 3 is 2.30 bits per heavy atom. The minimum atomic E-state index is -0.829. The van der Waals surface area contributed by atoms with E-state index in [0.29, 0.717) is 28.9 Å². The number of amides is 4. The molecule has 2 aromatic rings. The zero-order chi connectivity index (χ0) is 21.8. The predicted octanol–water partition coefficient (Wildman–Crippen LogP) is 4.86. The van der Waals surface area contributed by atoms with Gasteiger partial charge in [-0.05, 0) is 55.7 Å². The molecule has 30 heavy (non-hydrogen) atoms. The second-order valence-corrected chi connectivity index (χ2v) is 8.38. The van der Waals surface area contributed by atoms with Crippen LogP contribution in [0.2, 0.25) is 5.02 Å². The van der Waals surface area contributed by atoms with Gasteiger partial charge in [0.1, 0.15) is 6.04 Å². The first-order chi connectivity index (χ1) is 14.3. The van der Waals surface area contributed by atoms with Gasteiger partial charge in [-0.2, -0.15) is 0 Å². The van der Waals surface area contributed by atoms with Gasteiger partial charge in [0.15, 0.2) is 0 Å². The van der Waals surface area contributed by atoms with Crippen LogP contribution in [0.5, 0.6) is 0 Å². The Hall–Kier alpha value is -2.86. The number of benzene rings is 2. The molecule has 0 radical (unpaired) electrons. The summed E-state index contributed by atoms with van der Waals surface area (Å²) in [6.07, 6.45) is 0.643. The maximum atomic E-state index is 13.2. The Labute approximate surface area is 181 Å². The highest BCUT2D eigenvalue weighted by molar-refractivity contribution is 6.30. The van der Waals surface area contributed by atoms with Crippen molar-refractivity contribution in [3.8, 4) is 0 Å². The lowest BCUT2D eigenvalue weighted by molar-refractivity contribution is -0.124. The number of anilines is 2. The summed E-state index contributed by atoms with van der Waals surface area (Å²) in [7, 11) is 0. The van der Waals surface area contributed by atoms with E-state index >= 15 is 0 Å². The highest BCUT2D eigenvalue weighted by atomic mass is 35.5. The molecule has 4 amide bonds. The highest BCUT2D eigenvalue weighted by Crippen LogP contribution is 2.28. The number of imide groups is 1. The van der Waals surface area contributed by atoms with E-state index in [0.717, 1.165) is 12.0 Å². The number of urea groups is 1. The van der Waals surface area contributed by atoms with Crippen LogP contribution in [-0.2, 0) is 9.59 Å². The predicted molar refractivity (Wildman–Crippen MR) is 119 cm³/mol. The third kappa shape index (κ3) is 5.00. The molecule has 0 bridgehead atoms. The number of hydrogen-bond acceptors (Lipinski definition) is 3. The normalized spacial score (nSPS) is 16.5. The van der Waals surface area contributed by atoms with E-state index in [2.05, 4.69) is 19.2 Å². The lowest BCUT2D eigenvalue weighted by atomic mass is 10.1. The highest BCUT2D eigenvalue weighted by Gasteiger charge is 2.46. The number of carbonyl (C=O) groups is 3. The van der Waals surface area contributed by atoms with Crippen LogP contribution >= 0.6 is 11.6 Å². The zero-order valence-corrected chi connectivity index (χ0v) is 18.1. The molecule has 0 aliphatic carbocycles. The van der Waals surface area contributed by atoms with Gasteiger partial charge in [0.2, 0.25) is 5.91 Å². The van der Waals surface area contributed by atoms with Gasteiger partial charge >= 0.3 is 6.03 Å². The molecule has 158 valence electrons. The van der Waals surface area contributed by atoms with Crippen LogP contribution in [0.15, 0.2) is 48.5 Å². The minimum Gasteiger partial charge on any atom is -0.326 e. The molecule has 2 aromatic carbocycles. The number of halogens is 1. The number of aryl methyl sites for hydroxylation is 1. The number of carbonyl (C=O) groups excluding carboxylic acids is 3. The second-order valence-electron chi connectivity index (χ2n) is 7.94. The van der Waals surface area contributed by atoms with Crippen LogP contribution in [0.3, 0.4) is 0 Å². The van der Waals surface area contributed by atoms with Crippen molar-refractivity contribution in [2.24, 2.45) is 5.92 Å². The number of hydrogen-bond donors (Lipinski definition) is 1. The van der Waals surface area contributed by atoms with Crippen LogP contribution in [0.1, 0.15) is 32.3 Å². The smallest absolute Gasteiger partial charge is 0.326 e. The van der Waals surface area contributed by atoms with Gasteiger partial charge in [-0.3, -0.25) is 9.59 Å². The van der Waals surface area contributed by atoms with Gasteiger partial charge < -0.3 is 10.2 Å². The van der Waals surface area contributed by atoms with Crippen molar-refractivity contribution in [3.05, 3.63) is 59.1 Å². The van der Waals surface area contributed by atoms with Gasteiger partial charge in [-0.15, -0.1) is 0 Å². The fourth-order valence-electron chi connectivity index (χ4n) is 3.34. The molecule has 1 aliphatic heterocycles. The Morgan fingerprint density at radius 1 is 1.07 bits per heavy atom. The van der Waals surface area contributed by atoms with Crippen molar-refractivity contribution >= 4 is 40.8 Å². The van der Waals surface area contributed by atoms with Gasteiger partial charge in [-0.25, -0.2) is 9.69 Å². The molecule has 1 N–H and O–H groups in total. The Kier molecular flexibility index (Phi) is 6.77. The van der Waals surface area contributed by atoms with Gasteiger partial charge in [0, 0.05) is 17.3 Å². The summed E-state index contributed by atoms with van der Waals surface area (Å²) in [4.78, 5) is 41.6. The van der Waals surface area contributed by atoms with E-state index in [1.807, 2.05) is 19.1 Å². The lowest BCUT2D eigenvalue weighted by Gasteiger charge is -2.22. The second kappa shape index (κ2) is 9.30. The number of rotatable bonds is 7. The van der Waals surface area contributed by atoms with Crippen molar-refractivity contribution in [1.29, 1.82) is 0 Å². The average molecular weight is 428 g/mol. The minimum absolute atomic E-state index is 0.104. The van der Waals surface area contributed by atoms with Crippen LogP contribution in [0.25, 0.3) is 0 Å². The van der Waals surface area contributed by atoms with Crippen molar-refractivity contribution in [1.82, 2.24) is 4.90 Å². The van der Waals surface area contributed by atoms with Crippen molar-refractivity contribution < 1.29 is 14.4 Å². The van der Waals surface area contributed by atoms with Crippen LogP contribution in [0, 0.1) is 12.8 Å². The van der Waals surface area contributed by atoms with E-state index in [-0.39, 0.29) is 24.3 Å². The summed E-state index contributed by atoms with van der Waals surface area (Å²) in [5, 5.41) is 3.34. The van der Waals surface area contributed by atoms with E-state index in [9.17, 15) is 14.4 Å². The monoisotopic (exact) mass is 427 g/mol. The standard InChI is InChI=1S/C23H26ClN3O3/c1-15(2)12-13-26-20(14-21(28)25-18-8-6-17(24)7-9-18)22(29)27(23(26)30)19-10-4-16(3)5-11-19/h4-11,15,20H,12-14H2,1-3H3,(H,25,28)/t20-/m0/s1. The molecular weight excluding hydrogens is 402 g/mol. The molecule has 1 fully saturated rings. The quantitative estimate of drug-likeness (QED) is 0.641. The van der Waals surface area contributed by atoms with Crippen LogP contribution < -0.4 is 10.2 Å². The SMILES string of the molecule is Cc1ccc(N2C(=O)[C@H](CC(=O)Nc3ccc(Cl)cc3)N(CCC(C)C)C2=O)cc1. The van der Waals surface area contributed by atoms with Gasteiger partial charge in [0.25, 0.3) is 5.91 Å². The average Bonchev–Trinajstić information content (AvgIpc) is 2.92. The first-order valence-electron chi connectivity index (χ1n) is 10.0. The Balaban J connectivity index is 1.80. The third-order valence-corrected chi connectivity index (χ3v) is 5.32. The molecule has 0 unspecified atom stereocenters. The summed E-state index contributed by atoms with van der Waals surface area (Å²) in [5.74, 6) is -0.340. The molecule has 0 saturated carbocycles. The summed E-state index contributed by atoms with van der Waals surface area (Å²) < 4.78 is 0. The molecule has 7 heteroatoms. The third-order valence-electron chi connectivity index (χ3n) is 5.06. The summed E-state index contributed by atoms with van der Waals surface area (Å²) in [6, 6.07) is 12.7. The molecular formula is C23H26ClN3O3. The maximum absolute atomic E-state index is 13.2. The molecule has 3 rings (SSSR count). The Bertz CT molecular complexity index is 926. The molecule has 1 saturated heterocycles. The van der Waals surface area contributed by atoms with Crippen molar-refractivity contribution in [2.45, 2.75) is 39.7 Å². The van der Waals surface area contributed by atoms with E-state index < -0.39 is 6.04 Å². The molecule has 1 heterocycles. The molecule has 1 atom stereocenters. The number of nitrogens with zero attached hydrogens (tertiary/aromatic N) is 2. The summed E-state index contributed by atoms with van der Waals surface area (Å²) in [5.41, 5.74) is 2.14. The van der Waals surface area contributed by atoms with Gasteiger partial charge in [0.05, 0.1) is 12.1 Å². The largest absolute Gasteiger partial charge is 0.332 e. The molecule has 0 spiro atoms. The first kappa shape index (κ1) is 21.8. The zero-order valence-electron chi connectivity index (χ0n) is 17.4. The molecule has 1 aliphatic rings. The fraction of sp³-hybridized carbons (Fsp3) is 0.348. The molecule has 0 aromatic heterocycles. The van der Waals surface area contributed by atoms with E-state index in [4.69, 9.17) is 11.6 Å². The molecule has 6 nitrogen and oxygen atoms in total. The lowest BCUT2D eigenvalue weighted by Crippen LogP contribution is -2.39. The summed E-state index contributed by atoms with van der Waals surface area (Å²) in [6.45, 7) is 6.48. The Morgan fingerprint density at radius 2 is 1.70 bits per heavy atom. The maximum Gasteiger partial charge on any atom is 0.332 e. The number of nitrogens with one attached hydrogen (secondary N) is 1. The van der Waals surface area contributed by atoms with Crippen LogP contribution in [-0.4, -0.2) is 35.3 Å². The van der Waals surface area contributed by atoms with E-state index in [1.54, 1.807) is 36.4 Å². The van der Waals surface area contributed by atoms with Gasteiger partial charge in [-0.1, -0.05) is 43.1 Å². The van der Waals surface area contributed by atoms with Crippen LogP contribution in [0.4, 0.5) is 16.2 Å². The topological polar surface area (TPSA) is 69.7 Å². The van der Waals surface area contributed by atoms with Crippen molar-refractivity contribution in [3.63, 3.8) is 0 Å². The summed E-state index contributed by atoms with van der Waals surface area (Å²) >= 11 is 5.88. The van der Waals surface area contributed by atoms with E-state index in [1.165, 1.54) is 9.80 Å². The van der Waals surface area contributed by atoms with Crippen molar-refractivity contribution in [2.75, 3.05) is 16.8 Å². The fourth-order valence-corrected chi connectivity index (χ4v) is 3.46.